The number of furan rings is 1. The van der Waals surface area contributed by atoms with Crippen molar-refractivity contribution in [2.24, 2.45) is 0 Å². The van der Waals surface area contributed by atoms with E-state index in [0.717, 1.165) is 15.8 Å². The minimum atomic E-state index is -0.434. The van der Waals surface area contributed by atoms with Gasteiger partial charge >= 0.3 is 0 Å². The molecule has 0 atom stereocenters. The lowest BCUT2D eigenvalue weighted by Crippen LogP contribution is -2.12. The molecular formula is C24H13Cl3N2O2S. The Hall–Kier alpha value is -2.83. The summed E-state index contributed by atoms with van der Waals surface area (Å²) in [6.45, 7) is 0. The topological polar surface area (TPSA) is 55.1 Å². The first-order valence-electron chi connectivity index (χ1n) is 9.50. The van der Waals surface area contributed by atoms with Gasteiger partial charge in [0.2, 0.25) is 0 Å². The van der Waals surface area contributed by atoms with Gasteiger partial charge in [-0.1, -0.05) is 46.9 Å². The smallest absolute Gasteiger partial charge is 0.291 e. The molecule has 1 amide bonds. The maximum absolute atomic E-state index is 13.0. The van der Waals surface area contributed by atoms with Gasteiger partial charge in [0.05, 0.1) is 20.9 Å². The predicted molar refractivity (Wildman–Crippen MR) is 132 cm³/mol. The molecule has 0 saturated heterocycles. The van der Waals surface area contributed by atoms with Gasteiger partial charge in [-0.05, 0) is 60.7 Å². The van der Waals surface area contributed by atoms with Crippen LogP contribution in [0.5, 0.6) is 0 Å². The average Bonchev–Trinajstić information content (AvgIpc) is 3.43. The molecule has 0 aliphatic heterocycles. The maximum Gasteiger partial charge on any atom is 0.291 e. The number of rotatable bonds is 4. The molecule has 1 N–H and O–H groups in total. The number of aromatic nitrogens is 1. The minimum Gasteiger partial charge on any atom is -0.451 e. The molecule has 0 aliphatic rings. The van der Waals surface area contributed by atoms with Gasteiger partial charge in [-0.25, -0.2) is 4.98 Å². The summed E-state index contributed by atoms with van der Waals surface area (Å²) in [4.78, 5) is 17.6. The zero-order valence-corrected chi connectivity index (χ0v) is 19.3. The van der Waals surface area contributed by atoms with E-state index in [4.69, 9.17) is 39.2 Å². The molecule has 0 spiro atoms. The molecule has 0 unspecified atom stereocenters. The molecular weight excluding hydrogens is 487 g/mol. The highest BCUT2D eigenvalue weighted by atomic mass is 35.5. The lowest BCUT2D eigenvalue weighted by molar-refractivity contribution is 0.0997. The second-order valence-corrected chi connectivity index (χ2v) is 9.23. The normalized spacial score (nSPS) is 11.1. The van der Waals surface area contributed by atoms with E-state index in [-0.39, 0.29) is 5.76 Å². The number of thiazole rings is 1. The highest BCUT2D eigenvalue weighted by Gasteiger charge is 2.20. The number of fused-ring (bicyclic) bond motifs is 1. The Morgan fingerprint density at radius 2 is 1.69 bits per heavy atom. The zero-order valence-electron chi connectivity index (χ0n) is 16.2. The molecule has 4 nitrogen and oxygen atoms in total. The highest BCUT2D eigenvalue weighted by Crippen LogP contribution is 2.40. The number of anilines is 1. The second-order valence-electron chi connectivity index (χ2n) is 6.92. The number of nitrogens with zero attached hydrogens (tertiary/aromatic N) is 1. The van der Waals surface area contributed by atoms with Crippen LogP contribution in [-0.2, 0) is 0 Å². The third kappa shape index (κ3) is 4.12. The molecule has 0 saturated carbocycles. The van der Waals surface area contributed by atoms with Crippen LogP contribution in [0.25, 0.3) is 32.1 Å². The summed E-state index contributed by atoms with van der Waals surface area (Å²) >= 11 is 20.2. The van der Waals surface area contributed by atoms with Crippen LogP contribution in [-0.4, -0.2) is 10.9 Å². The molecule has 2 aromatic heterocycles. The third-order valence-corrected chi connectivity index (χ3v) is 6.61. The number of carbonyl (C=O) groups excluding carboxylic acids is 1. The number of halogens is 3. The maximum atomic E-state index is 13.0. The van der Waals surface area contributed by atoms with Crippen LogP contribution in [0.2, 0.25) is 15.1 Å². The summed E-state index contributed by atoms with van der Waals surface area (Å²) in [7, 11) is 0. The van der Waals surface area contributed by atoms with Gasteiger partial charge in [0, 0.05) is 21.2 Å². The Labute approximate surface area is 202 Å². The second kappa shape index (κ2) is 8.60. The fraction of sp³-hybridized carbons (Fsp3) is 0. The summed E-state index contributed by atoms with van der Waals surface area (Å²) < 4.78 is 6.79. The summed E-state index contributed by atoms with van der Waals surface area (Å²) in [6, 6.07) is 21.6. The zero-order chi connectivity index (χ0) is 22.2. The molecule has 2 heterocycles. The average molecular weight is 500 g/mol. The number of hydrogen-bond acceptors (Lipinski definition) is 4. The fourth-order valence-corrected chi connectivity index (χ4v) is 4.92. The van der Waals surface area contributed by atoms with Crippen molar-refractivity contribution in [3.63, 3.8) is 0 Å². The summed E-state index contributed by atoms with van der Waals surface area (Å²) in [5.74, 6) is 0.272. The van der Waals surface area contributed by atoms with E-state index in [0.29, 0.717) is 37.1 Å². The molecule has 8 heteroatoms. The standard InChI is InChI=1S/C24H13Cl3N2O2S/c25-14-7-5-13(6-8-14)19-9-10-20(31-19)23(30)29-22-16(11-15(26)12-17(22)27)24-28-18-3-1-2-4-21(18)32-24/h1-12H,(H,29,30). The number of hydrogen-bond donors (Lipinski definition) is 1. The molecule has 0 radical (unpaired) electrons. The lowest BCUT2D eigenvalue weighted by Gasteiger charge is -2.11. The van der Waals surface area contributed by atoms with Gasteiger partial charge < -0.3 is 9.73 Å². The van der Waals surface area contributed by atoms with E-state index in [1.165, 1.54) is 11.3 Å². The quantitative estimate of drug-likeness (QED) is 0.270. The minimum absolute atomic E-state index is 0.149. The van der Waals surface area contributed by atoms with Crippen molar-refractivity contribution in [2.45, 2.75) is 0 Å². The van der Waals surface area contributed by atoms with Crippen molar-refractivity contribution in [1.29, 1.82) is 0 Å². The summed E-state index contributed by atoms with van der Waals surface area (Å²) in [5, 5.41) is 4.94. The van der Waals surface area contributed by atoms with Gasteiger partial charge in [-0.15, -0.1) is 11.3 Å². The molecule has 0 fully saturated rings. The molecule has 0 bridgehead atoms. The van der Waals surface area contributed by atoms with Crippen molar-refractivity contribution < 1.29 is 9.21 Å². The highest BCUT2D eigenvalue weighted by molar-refractivity contribution is 7.21. The van der Waals surface area contributed by atoms with E-state index in [9.17, 15) is 4.79 Å². The van der Waals surface area contributed by atoms with Crippen LogP contribution in [0.1, 0.15) is 10.6 Å². The summed E-state index contributed by atoms with van der Waals surface area (Å²) in [6.07, 6.45) is 0. The van der Waals surface area contributed by atoms with Crippen molar-refractivity contribution in [3.05, 3.63) is 93.6 Å². The molecule has 158 valence electrons. The molecule has 32 heavy (non-hydrogen) atoms. The predicted octanol–water partition coefficient (Wildman–Crippen LogP) is 8.44. The fourth-order valence-electron chi connectivity index (χ4n) is 3.26. The van der Waals surface area contributed by atoms with Gasteiger partial charge in [-0.2, -0.15) is 0 Å². The van der Waals surface area contributed by atoms with E-state index >= 15 is 0 Å². The van der Waals surface area contributed by atoms with E-state index in [1.54, 1.807) is 36.4 Å². The van der Waals surface area contributed by atoms with Crippen LogP contribution in [0.4, 0.5) is 5.69 Å². The van der Waals surface area contributed by atoms with Crippen LogP contribution >= 0.6 is 46.1 Å². The molecule has 3 aromatic carbocycles. The Balaban J connectivity index is 1.49. The van der Waals surface area contributed by atoms with Crippen molar-refractivity contribution in [1.82, 2.24) is 4.98 Å². The van der Waals surface area contributed by atoms with Crippen molar-refractivity contribution in [2.75, 3.05) is 5.32 Å². The van der Waals surface area contributed by atoms with Gasteiger partial charge in [0.15, 0.2) is 5.76 Å². The number of benzene rings is 3. The van der Waals surface area contributed by atoms with Crippen LogP contribution in [0.15, 0.2) is 77.2 Å². The Morgan fingerprint density at radius 3 is 2.47 bits per heavy atom. The number of amides is 1. The van der Waals surface area contributed by atoms with E-state index in [1.807, 2.05) is 36.4 Å². The van der Waals surface area contributed by atoms with Crippen LogP contribution in [0, 0.1) is 0 Å². The van der Waals surface area contributed by atoms with Gasteiger partial charge in [0.1, 0.15) is 10.8 Å². The Kier molecular flexibility index (Phi) is 5.66. The van der Waals surface area contributed by atoms with Crippen LogP contribution < -0.4 is 5.32 Å². The first-order chi connectivity index (χ1) is 15.5. The van der Waals surface area contributed by atoms with Gasteiger partial charge in [-0.3, -0.25) is 4.79 Å². The van der Waals surface area contributed by atoms with Crippen LogP contribution in [0.3, 0.4) is 0 Å². The summed E-state index contributed by atoms with van der Waals surface area (Å²) in [5.41, 5.74) is 2.73. The first-order valence-corrected chi connectivity index (χ1v) is 11.4. The van der Waals surface area contributed by atoms with Crippen molar-refractivity contribution in [3.8, 4) is 21.9 Å². The molecule has 5 aromatic rings. The lowest BCUT2D eigenvalue weighted by atomic mass is 10.1. The number of carbonyl (C=O) groups is 1. The first kappa shape index (κ1) is 21.0. The van der Waals surface area contributed by atoms with Gasteiger partial charge in [0.25, 0.3) is 5.91 Å². The van der Waals surface area contributed by atoms with E-state index < -0.39 is 5.91 Å². The Bertz CT molecular complexity index is 1430. The SMILES string of the molecule is O=C(Nc1c(Cl)cc(Cl)cc1-c1nc2ccccc2s1)c1ccc(-c2ccc(Cl)cc2)o1. The third-order valence-electron chi connectivity index (χ3n) is 4.78. The molecule has 0 aliphatic carbocycles. The van der Waals surface area contributed by atoms with E-state index in [2.05, 4.69) is 10.3 Å². The van der Waals surface area contributed by atoms with Crippen molar-refractivity contribution >= 4 is 68.0 Å². The Morgan fingerprint density at radius 1 is 0.906 bits per heavy atom. The largest absolute Gasteiger partial charge is 0.451 e. The number of nitrogens with one attached hydrogen (secondary N) is 1. The molecule has 5 rings (SSSR count). The number of para-hydroxylation sites is 1. The monoisotopic (exact) mass is 498 g/mol.